The third kappa shape index (κ3) is 4.14. The maximum Gasteiger partial charge on any atom is 0.340 e. The van der Waals surface area contributed by atoms with Crippen molar-refractivity contribution in [1.29, 1.82) is 0 Å². The number of anilines is 1. The topological polar surface area (TPSA) is 108 Å². The highest BCUT2D eigenvalue weighted by Crippen LogP contribution is 2.31. The van der Waals surface area contributed by atoms with Crippen LogP contribution in [0.3, 0.4) is 0 Å². The molecule has 1 heterocycles. The van der Waals surface area contributed by atoms with Crippen molar-refractivity contribution in [2.45, 2.75) is 38.7 Å². The highest BCUT2D eigenvalue weighted by molar-refractivity contribution is 7.10. The van der Waals surface area contributed by atoms with Gasteiger partial charge in [-0.05, 0) is 50.3 Å². The van der Waals surface area contributed by atoms with Crippen LogP contribution in [0.15, 0.2) is 23.6 Å². The SMILES string of the molecule is COc1ccc(NC(=O)[C@H](C)OC(=O)c2csc3c2CCCC3)c([N+](=O)[O-])c1. The molecule has 148 valence electrons. The molecule has 1 aliphatic rings. The van der Waals surface area contributed by atoms with E-state index in [2.05, 4.69) is 5.32 Å². The average Bonchev–Trinajstić information content (AvgIpc) is 3.12. The summed E-state index contributed by atoms with van der Waals surface area (Å²) in [6.07, 6.45) is 2.84. The van der Waals surface area contributed by atoms with E-state index in [1.807, 2.05) is 0 Å². The number of fused-ring (bicyclic) bond motifs is 1. The van der Waals surface area contributed by atoms with Crippen molar-refractivity contribution in [3.05, 3.63) is 49.7 Å². The van der Waals surface area contributed by atoms with Crippen LogP contribution in [-0.2, 0) is 22.4 Å². The van der Waals surface area contributed by atoms with Crippen LogP contribution in [0.1, 0.15) is 40.6 Å². The number of hydrogen-bond acceptors (Lipinski definition) is 7. The molecule has 0 fully saturated rings. The van der Waals surface area contributed by atoms with Gasteiger partial charge in [0.25, 0.3) is 11.6 Å². The quantitative estimate of drug-likeness (QED) is 0.446. The van der Waals surface area contributed by atoms with Crippen LogP contribution < -0.4 is 10.1 Å². The minimum absolute atomic E-state index is 0.00612. The number of benzene rings is 1. The predicted molar refractivity (Wildman–Crippen MR) is 104 cm³/mol. The number of rotatable bonds is 6. The summed E-state index contributed by atoms with van der Waals surface area (Å²) in [5.74, 6) is -0.900. The Morgan fingerprint density at radius 3 is 2.75 bits per heavy atom. The van der Waals surface area contributed by atoms with Crippen LogP contribution in [0, 0.1) is 10.1 Å². The number of nitro benzene ring substituents is 1. The second kappa shape index (κ2) is 8.39. The lowest BCUT2D eigenvalue weighted by atomic mass is 9.96. The van der Waals surface area contributed by atoms with Crippen molar-refractivity contribution in [3.8, 4) is 5.75 Å². The average molecular weight is 404 g/mol. The van der Waals surface area contributed by atoms with Crippen LogP contribution in [0.25, 0.3) is 0 Å². The summed E-state index contributed by atoms with van der Waals surface area (Å²) >= 11 is 1.54. The van der Waals surface area contributed by atoms with E-state index in [4.69, 9.17) is 9.47 Å². The van der Waals surface area contributed by atoms with Crippen LogP contribution in [0.5, 0.6) is 5.75 Å². The number of aryl methyl sites for hydroxylation is 1. The maximum absolute atomic E-state index is 12.5. The van der Waals surface area contributed by atoms with Gasteiger partial charge in [-0.15, -0.1) is 11.3 Å². The van der Waals surface area contributed by atoms with Gasteiger partial charge in [0, 0.05) is 10.3 Å². The Morgan fingerprint density at radius 2 is 2.04 bits per heavy atom. The Bertz CT molecular complexity index is 923. The van der Waals surface area contributed by atoms with Gasteiger partial charge >= 0.3 is 5.97 Å². The molecular weight excluding hydrogens is 384 g/mol. The number of amides is 1. The number of thiophene rings is 1. The fraction of sp³-hybridized carbons (Fsp3) is 0.368. The van der Waals surface area contributed by atoms with E-state index >= 15 is 0 Å². The molecule has 1 amide bonds. The normalized spacial score (nSPS) is 13.9. The first-order valence-corrected chi connectivity index (χ1v) is 9.72. The summed E-state index contributed by atoms with van der Waals surface area (Å²) < 4.78 is 10.3. The Kier molecular flexibility index (Phi) is 5.93. The second-order valence-electron chi connectivity index (χ2n) is 6.44. The zero-order valence-corrected chi connectivity index (χ0v) is 16.3. The molecule has 1 aromatic heterocycles. The summed E-state index contributed by atoms with van der Waals surface area (Å²) in [4.78, 5) is 36.7. The Labute approximate surface area is 165 Å². The van der Waals surface area contributed by atoms with E-state index in [-0.39, 0.29) is 11.4 Å². The molecular formula is C19H20N2O6S. The largest absolute Gasteiger partial charge is 0.496 e. The minimum atomic E-state index is -1.10. The number of hydrogen-bond donors (Lipinski definition) is 1. The zero-order chi connectivity index (χ0) is 20.3. The van der Waals surface area contributed by atoms with Gasteiger partial charge in [0.15, 0.2) is 6.10 Å². The molecule has 28 heavy (non-hydrogen) atoms. The van der Waals surface area contributed by atoms with Gasteiger partial charge in [0.1, 0.15) is 11.4 Å². The van der Waals surface area contributed by atoms with Crippen molar-refractivity contribution >= 4 is 34.6 Å². The molecule has 0 aliphatic heterocycles. The molecule has 1 aromatic carbocycles. The van der Waals surface area contributed by atoms with Gasteiger partial charge in [-0.2, -0.15) is 0 Å². The van der Waals surface area contributed by atoms with Gasteiger partial charge in [0.05, 0.1) is 23.7 Å². The third-order valence-electron chi connectivity index (χ3n) is 4.59. The van der Waals surface area contributed by atoms with Crippen molar-refractivity contribution in [3.63, 3.8) is 0 Å². The van der Waals surface area contributed by atoms with E-state index in [1.165, 1.54) is 48.4 Å². The first-order chi connectivity index (χ1) is 13.4. The zero-order valence-electron chi connectivity index (χ0n) is 15.5. The summed E-state index contributed by atoms with van der Waals surface area (Å²) in [6, 6.07) is 4.08. The Morgan fingerprint density at radius 1 is 1.29 bits per heavy atom. The molecule has 1 atom stereocenters. The number of carbonyl (C=O) groups is 2. The standard InChI is InChI=1S/C19H20N2O6S/c1-11(27-19(23)14-10-28-17-6-4-3-5-13(14)17)18(22)20-15-8-7-12(26-2)9-16(15)21(24)25/h7-11H,3-6H2,1-2H3,(H,20,22)/t11-/m0/s1. The van der Waals surface area contributed by atoms with E-state index < -0.39 is 22.9 Å². The van der Waals surface area contributed by atoms with Gasteiger partial charge in [-0.3, -0.25) is 14.9 Å². The number of carbonyl (C=O) groups excluding carboxylic acids is 2. The minimum Gasteiger partial charge on any atom is -0.496 e. The molecule has 0 spiro atoms. The van der Waals surface area contributed by atoms with E-state index in [9.17, 15) is 19.7 Å². The van der Waals surface area contributed by atoms with E-state index in [1.54, 1.807) is 5.38 Å². The van der Waals surface area contributed by atoms with Gasteiger partial charge < -0.3 is 14.8 Å². The molecule has 0 unspecified atom stereocenters. The van der Waals surface area contributed by atoms with Crippen molar-refractivity contribution < 1.29 is 24.0 Å². The third-order valence-corrected chi connectivity index (χ3v) is 5.68. The van der Waals surface area contributed by atoms with E-state index in [0.29, 0.717) is 11.3 Å². The number of ether oxygens (including phenoxy) is 2. The summed E-state index contributed by atoms with van der Waals surface area (Å²) in [5, 5.41) is 15.4. The van der Waals surface area contributed by atoms with E-state index in [0.717, 1.165) is 31.2 Å². The summed E-state index contributed by atoms with van der Waals surface area (Å²) in [6.45, 7) is 1.43. The number of nitro groups is 1. The van der Waals surface area contributed by atoms with Crippen molar-refractivity contribution in [1.82, 2.24) is 0 Å². The first kappa shape index (κ1) is 19.8. The molecule has 0 bridgehead atoms. The molecule has 3 rings (SSSR count). The molecule has 2 aromatic rings. The summed E-state index contributed by atoms with van der Waals surface area (Å²) in [5.41, 5.74) is 1.22. The Balaban J connectivity index is 1.69. The molecule has 1 N–H and O–H groups in total. The highest BCUT2D eigenvalue weighted by atomic mass is 32.1. The van der Waals surface area contributed by atoms with Gasteiger partial charge in [-0.25, -0.2) is 4.79 Å². The molecule has 1 aliphatic carbocycles. The molecule has 0 radical (unpaired) electrons. The van der Waals surface area contributed by atoms with Gasteiger partial charge in [-0.1, -0.05) is 0 Å². The lowest BCUT2D eigenvalue weighted by Crippen LogP contribution is -2.30. The second-order valence-corrected chi connectivity index (χ2v) is 7.40. The number of methoxy groups -OCH3 is 1. The number of nitrogens with zero attached hydrogens (tertiary/aromatic N) is 1. The monoisotopic (exact) mass is 404 g/mol. The molecule has 0 saturated carbocycles. The Hall–Kier alpha value is -2.94. The van der Waals surface area contributed by atoms with Crippen LogP contribution in [-0.4, -0.2) is 30.0 Å². The first-order valence-electron chi connectivity index (χ1n) is 8.84. The van der Waals surface area contributed by atoms with Crippen molar-refractivity contribution in [2.75, 3.05) is 12.4 Å². The van der Waals surface area contributed by atoms with Crippen molar-refractivity contribution in [2.24, 2.45) is 0 Å². The fourth-order valence-electron chi connectivity index (χ4n) is 3.07. The predicted octanol–water partition coefficient (Wildman–Crippen LogP) is 3.73. The number of esters is 1. The maximum atomic E-state index is 12.5. The smallest absolute Gasteiger partial charge is 0.340 e. The van der Waals surface area contributed by atoms with Crippen LogP contribution in [0.2, 0.25) is 0 Å². The van der Waals surface area contributed by atoms with Crippen LogP contribution >= 0.6 is 11.3 Å². The highest BCUT2D eigenvalue weighted by Gasteiger charge is 2.26. The summed E-state index contributed by atoms with van der Waals surface area (Å²) in [7, 11) is 1.39. The number of nitrogens with one attached hydrogen (secondary N) is 1. The van der Waals surface area contributed by atoms with Gasteiger partial charge in [0.2, 0.25) is 0 Å². The molecule has 9 heteroatoms. The van der Waals surface area contributed by atoms with Crippen LogP contribution in [0.4, 0.5) is 11.4 Å². The lowest BCUT2D eigenvalue weighted by Gasteiger charge is -2.15. The molecule has 8 nitrogen and oxygen atoms in total. The molecule has 0 saturated heterocycles. The lowest BCUT2D eigenvalue weighted by molar-refractivity contribution is -0.384. The fourth-order valence-corrected chi connectivity index (χ4v) is 4.19.